The Balaban J connectivity index is 1.44. The maximum Gasteiger partial charge on any atom is 0.0396 e. The van der Waals surface area contributed by atoms with Crippen LogP contribution in [0.3, 0.4) is 0 Å². The maximum atomic E-state index is 3.70. The number of hydrogen-bond acceptors (Lipinski definition) is 1. The zero-order valence-electron chi connectivity index (χ0n) is 18.4. The Kier molecular flexibility index (Phi) is 4.19. The average molecular weight is 412 g/mol. The van der Waals surface area contributed by atoms with Gasteiger partial charge in [-0.1, -0.05) is 98.8 Å². The van der Waals surface area contributed by atoms with Crippen molar-refractivity contribution in [3.63, 3.8) is 0 Å². The molecule has 0 amide bonds. The summed E-state index contributed by atoms with van der Waals surface area (Å²) < 4.78 is 0. The summed E-state index contributed by atoms with van der Waals surface area (Å²) in [5.41, 5.74) is 10.2. The van der Waals surface area contributed by atoms with Crippen LogP contribution in [0.5, 0.6) is 0 Å². The molecule has 0 fully saturated rings. The van der Waals surface area contributed by atoms with Crippen LogP contribution < -0.4 is 5.32 Å². The minimum absolute atomic E-state index is 0.00218. The van der Waals surface area contributed by atoms with Crippen molar-refractivity contribution in [3.8, 4) is 22.3 Å². The van der Waals surface area contributed by atoms with Gasteiger partial charge in [0, 0.05) is 16.8 Å². The summed E-state index contributed by atoms with van der Waals surface area (Å²) in [7, 11) is 0. The van der Waals surface area contributed by atoms with Gasteiger partial charge in [-0.15, -0.1) is 0 Å². The van der Waals surface area contributed by atoms with Crippen LogP contribution in [0, 0.1) is 0 Å². The molecule has 1 nitrogen and oxygen atoms in total. The standard InChI is InChI=1S/C31H25N/c1-31(2)29-15-9-8-14-26(29)27-17-16-23(20-30(27)31)32-24-18-22-12-6-7-13-25(22)28(19-24)21-10-4-3-5-11-21/h3-20,32H,1-2H3. The molecule has 0 aliphatic heterocycles. The zero-order chi connectivity index (χ0) is 21.7. The first-order valence-corrected chi connectivity index (χ1v) is 11.2. The van der Waals surface area contributed by atoms with Crippen LogP contribution in [0.4, 0.5) is 11.4 Å². The van der Waals surface area contributed by atoms with E-state index in [9.17, 15) is 0 Å². The quantitative estimate of drug-likeness (QED) is 0.313. The summed E-state index contributed by atoms with van der Waals surface area (Å²) in [6.45, 7) is 4.65. The second-order valence-electron chi connectivity index (χ2n) is 9.17. The summed E-state index contributed by atoms with van der Waals surface area (Å²) in [6, 6.07) is 39.3. The van der Waals surface area contributed by atoms with E-state index in [0.29, 0.717) is 0 Å². The minimum Gasteiger partial charge on any atom is -0.355 e. The van der Waals surface area contributed by atoms with Crippen LogP contribution in [-0.4, -0.2) is 0 Å². The van der Waals surface area contributed by atoms with Crippen LogP contribution in [0.15, 0.2) is 109 Å². The summed E-state index contributed by atoms with van der Waals surface area (Å²) in [4.78, 5) is 0. The van der Waals surface area contributed by atoms with Crippen LogP contribution in [0.25, 0.3) is 33.0 Å². The number of anilines is 2. The minimum atomic E-state index is 0.00218. The smallest absolute Gasteiger partial charge is 0.0396 e. The van der Waals surface area contributed by atoms with Gasteiger partial charge in [-0.25, -0.2) is 0 Å². The molecular weight excluding hydrogens is 386 g/mol. The molecule has 154 valence electrons. The predicted octanol–water partition coefficient (Wildman–Crippen LogP) is 8.56. The molecule has 1 aliphatic rings. The summed E-state index contributed by atoms with van der Waals surface area (Å²) >= 11 is 0. The fraction of sp³-hybridized carbons (Fsp3) is 0.0968. The second kappa shape index (κ2) is 7.10. The van der Waals surface area contributed by atoms with Crippen molar-refractivity contribution in [3.05, 3.63) is 120 Å². The predicted molar refractivity (Wildman–Crippen MR) is 137 cm³/mol. The van der Waals surface area contributed by atoms with Gasteiger partial charge in [0.05, 0.1) is 0 Å². The maximum absolute atomic E-state index is 3.70. The van der Waals surface area contributed by atoms with E-state index in [4.69, 9.17) is 0 Å². The number of fused-ring (bicyclic) bond motifs is 4. The molecule has 0 bridgehead atoms. The first-order valence-electron chi connectivity index (χ1n) is 11.2. The molecule has 1 N–H and O–H groups in total. The lowest BCUT2D eigenvalue weighted by molar-refractivity contribution is 0.660. The fourth-order valence-corrected chi connectivity index (χ4v) is 5.19. The van der Waals surface area contributed by atoms with Gasteiger partial charge >= 0.3 is 0 Å². The van der Waals surface area contributed by atoms with Gasteiger partial charge in [0.25, 0.3) is 0 Å². The van der Waals surface area contributed by atoms with Gasteiger partial charge in [-0.2, -0.15) is 0 Å². The van der Waals surface area contributed by atoms with Crippen molar-refractivity contribution in [2.45, 2.75) is 19.3 Å². The van der Waals surface area contributed by atoms with Gasteiger partial charge in [-0.3, -0.25) is 0 Å². The van der Waals surface area contributed by atoms with Gasteiger partial charge in [0.15, 0.2) is 0 Å². The highest BCUT2D eigenvalue weighted by Crippen LogP contribution is 2.49. The van der Waals surface area contributed by atoms with Crippen LogP contribution in [-0.2, 0) is 5.41 Å². The van der Waals surface area contributed by atoms with Crippen molar-refractivity contribution in [2.75, 3.05) is 5.32 Å². The molecule has 0 unspecified atom stereocenters. The van der Waals surface area contributed by atoms with Gasteiger partial charge < -0.3 is 5.32 Å². The number of hydrogen-bond donors (Lipinski definition) is 1. The van der Waals surface area contributed by atoms with E-state index in [1.54, 1.807) is 0 Å². The number of benzene rings is 5. The normalized spacial score (nSPS) is 13.6. The molecule has 0 saturated carbocycles. The second-order valence-corrected chi connectivity index (χ2v) is 9.17. The third kappa shape index (κ3) is 2.93. The van der Waals surface area contributed by atoms with E-state index in [1.807, 2.05) is 0 Å². The number of nitrogens with one attached hydrogen (secondary N) is 1. The lowest BCUT2D eigenvalue weighted by atomic mass is 9.82. The van der Waals surface area contributed by atoms with Gasteiger partial charge in [0.2, 0.25) is 0 Å². The van der Waals surface area contributed by atoms with E-state index >= 15 is 0 Å². The Bertz CT molecular complexity index is 1460. The summed E-state index contributed by atoms with van der Waals surface area (Å²) in [5, 5.41) is 6.21. The Morgan fingerprint density at radius 2 is 1.25 bits per heavy atom. The Morgan fingerprint density at radius 1 is 0.531 bits per heavy atom. The van der Waals surface area contributed by atoms with Crippen LogP contribution in [0.2, 0.25) is 0 Å². The molecule has 1 aliphatic carbocycles. The summed E-state index contributed by atoms with van der Waals surface area (Å²) in [5.74, 6) is 0. The molecular formula is C31H25N. The molecule has 0 spiro atoms. The molecule has 0 aromatic heterocycles. The van der Waals surface area contributed by atoms with Crippen LogP contribution in [0.1, 0.15) is 25.0 Å². The Hall–Kier alpha value is -3.84. The first kappa shape index (κ1) is 18.9. The fourth-order valence-electron chi connectivity index (χ4n) is 5.19. The lowest BCUT2D eigenvalue weighted by Crippen LogP contribution is -2.15. The van der Waals surface area contributed by atoms with Crippen molar-refractivity contribution >= 4 is 22.1 Å². The molecule has 32 heavy (non-hydrogen) atoms. The van der Waals surface area contributed by atoms with Crippen molar-refractivity contribution in [2.24, 2.45) is 0 Å². The van der Waals surface area contributed by atoms with Crippen molar-refractivity contribution in [1.29, 1.82) is 0 Å². The molecule has 5 aromatic rings. The first-order chi connectivity index (χ1) is 15.6. The zero-order valence-corrected chi connectivity index (χ0v) is 18.4. The van der Waals surface area contributed by atoms with E-state index in [0.717, 1.165) is 11.4 Å². The largest absolute Gasteiger partial charge is 0.355 e. The van der Waals surface area contributed by atoms with E-state index in [2.05, 4.69) is 128 Å². The van der Waals surface area contributed by atoms with Gasteiger partial charge in [-0.05, 0) is 68.4 Å². The monoisotopic (exact) mass is 411 g/mol. The molecule has 0 atom stereocenters. The highest BCUT2D eigenvalue weighted by Gasteiger charge is 2.35. The van der Waals surface area contributed by atoms with Gasteiger partial charge in [0.1, 0.15) is 0 Å². The molecule has 5 aromatic carbocycles. The Labute approximate surface area is 189 Å². The van der Waals surface area contributed by atoms with E-state index in [1.165, 1.54) is 44.2 Å². The third-order valence-corrected chi connectivity index (χ3v) is 6.82. The van der Waals surface area contributed by atoms with E-state index < -0.39 is 0 Å². The van der Waals surface area contributed by atoms with Crippen molar-refractivity contribution < 1.29 is 0 Å². The topological polar surface area (TPSA) is 12.0 Å². The summed E-state index contributed by atoms with van der Waals surface area (Å²) in [6.07, 6.45) is 0. The molecule has 0 heterocycles. The molecule has 6 rings (SSSR count). The molecule has 0 radical (unpaired) electrons. The highest BCUT2D eigenvalue weighted by molar-refractivity contribution is 5.99. The Morgan fingerprint density at radius 3 is 2.12 bits per heavy atom. The average Bonchev–Trinajstić information content (AvgIpc) is 3.06. The van der Waals surface area contributed by atoms with Crippen LogP contribution >= 0.6 is 0 Å². The number of rotatable bonds is 3. The SMILES string of the molecule is CC1(C)c2ccccc2-c2ccc(Nc3cc(-c4ccccc4)c4ccccc4c3)cc21. The van der Waals surface area contributed by atoms with E-state index in [-0.39, 0.29) is 5.41 Å². The third-order valence-electron chi connectivity index (χ3n) is 6.82. The molecule has 1 heteroatoms. The molecule has 0 saturated heterocycles. The highest BCUT2D eigenvalue weighted by atomic mass is 14.9. The lowest BCUT2D eigenvalue weighted by Gasteiger charge is -2.22. The van der Waals surface area contributed by atoms with Crippen molar-refractivity contribution in [1.82, 2.24) is 0 Å².